The number of benzene rings is 2. The fourth-order valence-corrected chi connectivity index (χ4v) is 4.57. The Balaban J connectivity index is 1.34. The van der Waals surface area contributed by atoms with Crippen LogP contribution in [0.2, 0.25) is 0 Å². The summed E-state index contributed by atoms with van der Waals surface area (Å²) in [5, 5.41) is 6.25. The number of carbonyl (C=O) groups excluding carboxylic acids is 1. The van der Waals surface area contributed by atoms with Gasteiger partial charge in [-0.25, -0.2) is 19.3 Å². The molecule has 0 bridgehead atoms. The Morgan fingerprint density at radius 3 is 2.52 bits per heavy atom. The first-order chi connectivity index (χ1) is 20.3. The second-order valence-corrected chi connectivity index (χ2v) is 10.9. The van der Waals surface area contributed by atoms with Crippen molar-refractivity contribution in [1.82, 2.24) is 30.2 Å². The Labute approximate surface area is 244 Å². The van der Waals surface area contributed by atoms with E-state index in [1.807, 2.05) is 51.4 Å². The number of anilines is 1. The summed E-state index contributed by atoms with van der Waals surface area (Å²) in [6.07, 6.45) is 1.71. The molecule has 42 heavy (non-hydrogen) atoms. The Morgan fingerprint density at radius 1 is 1.07 bits per heavy atom. The predicted molar refractivity (Wildman–Crippen MR) is 158 cm³/mol. The van der Waals surface area contributed by atoms with E-state index in [2.05, 4.69) is 25.5 Å². The predicted octanol–water partition coefficient (Wildman–Crippen LogP) is 4.40. The van der Waals surface area contributed by atoms with Crippen molar-refractivity contribution in [2.45, 2.75) is 26.2 Å². The topological polar surface area (TPSA) is 117 Å². The van der Waals surface area contributed by atoms with E-state index in [9.17, 15) is 9.18 Å². The van der Waals surface area contributed by atoms with Gasteiger partial charge >= 0.3 is 0 Å². The lowest BCUT2D eigenvalue weighted by Crippen LogP contribution is -2.49. The van der Waals surface area contributed by atoms with E-state index in [0.717, 1.165) is 18.5 Å². The van der Waals surface area contributed by atoms with Crippen molar-refractivity contribution in [1.29, 1.82) is 0 Å². The first-order valence-electron chi connectivity index (χ1n) is 13.9. The Morgan fingerprint density at radius 2 is 1.81 bits per heavy atom. The Hall–Kier alpha value is -4.19. The van der Waals surface area contributed by atoms with Crippen molar-refractivity contribution >= 4 is 11.9 Å². The van der Waals surface area contributed by atoms with Crippen molar-refractivity contribution in [3.8, 4) is 22.6 Å². The summed E-state index contributed by atoms with van der Waals surface area (Å²) in [6.45, 7) is 4.20. The number of aromatic nitrogens is 4. The maximum absolute atomic E-state index is 13.7. The molecule has 220 valence electrons. The second kappa shape index (κ2) is 13.2. The van der Waals surface area contributed by atoms with Gasteiger partial charge in [0.15, 0.2) is 5.82 Å². The van der Waals surface area contributed by atoms with E-state index >= 15 is 0 Å². The highest BCUT2D eigenvalue weighted by atomic mass is 19.1. The average Bonchev–Trinajstić information content (AvgIpc) is 3.45. The first-order valence-corrected chi connectivity index (χ1v) is 13.9. The van der Waals surface area contributed by atoms with Gasteiger partial charge < -0.3 is 30.0 Å². The molecule has 1 aliphatic rings. The van der Waals surface area contributed by atoms with Crippen LogP contribution in [-0.4, -0.2) is 71.1 Å². The number of hydrogen-bond donors (Lipinski definition) is 3. The van der Waals surface area contributed by atoms with Gasteiger partial charge in [-0.15, -0.1) is 0 Å². The highest BCUT2D eigenvalue weighted by Crippen LogP contribution is 2.35. The third kappa shape index (κ3) is 7.17. The molecule has 0 aliphatic carbocycles. The van der Waals surface area contributed by atoms with Gasteiger partial charge in [-0.1, -0.05) is 30.3 Å². The summed E-state index contributed by atoms with van der Waals surface area (Å²) in [7, 11) is 4.00. The molecule has 2 aromatic heterocycles. The van der Waals surface area contributed by atoms with Gasteiger partial charge in [0.1, 0.15) is 5.82 Å². The molecule has 3 N–H and O–H groups in total. The van der Waals surface area contributed by atoms with Crippen LogP contribution >= 0.6 is 0 Å². The van der Waals surface area contributed by atoms with Crippen LogP contribution in [0.25, 0.3) is 22.6 Å². The number of imidazole rings is 1. The first kappa shape index (κ1) is 29.3. The van der Waals surface area contributed by atoms with Crippen molar-refractivity contribution in [2.24, 2.45) is 5.41 Å². The van der Waals surface area contributed by atoms with Crippen LogP contribution in [0, 0.1) is 11.2 Å². The molecule has 3 heterocycles. The number of carbonyl (C=O) groups is 1. The van der Waals surface area contributed by atoms with E-state index in [1.165, 1.54) is 12.1 Å². The molecule has 0 spiro atoms. The summed E-state index contributed by atoms with van der Waals surface area (Å²) in [5.41, 5.74) is 2.75. The maximum atomic E-state index is 13.7. The van der Waals surface area contributed by atoms with E-state index < -0.39 is 11.7 Å². The van der Waals surface area contributed by atoms with Crippen LogP contribution in [0.3, 0.4) is 0 Å². The van der Waals surface area contributed by atoms with Crippen molar-refractivity contribution in [2.75, 3.05) is 45.7 Å². The zero-order valence-electron chi connectivity index (χ0n) is 24.1. The number of aromatic amines is 1. The average molecular weight is 574 g/mol. The summed E-state index contributed by atoms with van der Waals surface area (Å²) in [6, 6.07) is 17.8. The summed E-state index contributed by atoms with van der Waals surface area (Å²) in [4.78, 5) is 32.1. The minimum absolute atomic E-state index is 0.108. The molecule has 2 aromatic carbocycles. The van der Waals surface area contributed by atoms with Crippen LogP contribution in [0.15, 0.2) is 66.9 Å². The molecule has 0 radical (unpaired) electrons. The van der Waals surface area contributed by atoms with Gasteiger partial charge in [0.05, 0.1) is 35.7 Å². The van der Waals surface area contributed by atoms with Gasteiger partial charge in [-0.2, -0.15) is 0 Å². The lowest BCUT2D eigenvalue weighted by atomic mass is 9.91. The highest BCUT2D eigenvalue weighted by Gasteiger charge is 2.40. The van der Waals surface area contributed by atoms with Crippen molar-refractivity contribution in [3.05, 3.63) is 84.1 Å². The number of halogens is 1. The van der Waals surface area contributed by atoms with Gasteiger partial charge in [0.25, 0.3) is 0 Å². The third-order valence-corrected chi connectivity index (χ3v) is 6.99. The summed E-state index contributed by atoms with van der Waals surface area (Å²) < 4.78 is 25.8. The van der Waals surface area contributed by atoms with Gasteiger partial charge in [-0.05, 0) is 69.9 Å². The molecule has 5 rings (SSSR count). The Bertz CT molecular complexity index is 1470. The SMILES string of the molecule is CN(C)CCCNC(=O)C1(C)COC(c2nc(-c3ccc(F)cc3)c(-c3ccnc(NCc4ccccc4)n3)[nH]2)OC1. The normalized spacial score (nSPS) is 18.6. The van der Waals surface area contributed by atoms with E-state index in [0.29, 0.717) is 47.5 Å². The lowest BCUT2D eigenvalue weighted by Gasteiger charge is -2.35. The minimum Gasteiger partial charge on any atom is -0.355 e. The third-order valence-electron chi connectivity index (χ3n) is 6.99. The minimum atomic E-state index is -0.824. The second-order valence-electron chi connectivity index (χ2n) is 10.9. The molecule has 0 saturated carbocycles. The number of hydrogen-bond acceptors (Lipinski definition) is 8. The smallest absolute Gasteiger partial charge is 0.230 e. The molecular formula is C31H36FN7O3. The monoisotopic (exact) mass is 573 g/mol. The highest BCUT2D eigenvalue weighted by molar-refractivity contribution is 5.82. The summed E-state index contributed by atoms with van der Waals surface area (Å²) >= 11 is 0. The van der Waals surface area contributed by atoms with E-state index in [1.54, 1.807) is 24.4 Å². The van der Waals surface area contributed by atoms with Gasteiger partial charge in [0.2, 0.25) is 18.1 Å². The Kier molecular flexibility index (Phi) is 9.21. The standard InChI is InChI=1S/C31H36FN7O3/c1-31(29(40)33-15-7-17-39(2)3)19-41-28(42-20-31)27-37-25(22-10-12-23(32)13-11-22)26(38-27)24-14-16-34-30(36-24)35-18-21-8-5-4-6-9-21/h4-6,8-14,16,28H,7,15,17-20H2,1-3H3,(H,33,40)(H,37,38)(H,34,35,36). The van der Waals surface area contributed by atoms with Crippen LogP contribution in [0.5, 0.6) is 0 Å². The quantitative estimate of drug-likeness (QED) is 0.226. The number of nitrogens with zero attached hydrogens (tertiary/aromatic N) is 4. The lowest BCUT2D eigenvalue weighted by molar-refractivity contribution is -0.231. The molecule has 1 amide bonds. The number of nitrogens with one attached hydrogen (secondary N) is 3. The van der Waals surface area contributed by atoms with Crippen LogP contribution in [0.1, 0.15) is 31.0 Å². The van der Waals surface area contributed by atoms with Crippen LogP contribution in [0.4, 0.5) is 10.3 Å². The van der Waals surface area contributed by atoms with Crippen molar-refractivity contribution < 1.29 is 18.7 Å². The largest absolute Gasteiger partial charge is 0.355 e. The molecular weight excluding hydrogens is 537 g/mol. The number of rotatable bonds is 11. The fraction of sp³-hybridized carbons (Fsp3) is 0.355. The van der Waals surface area contributed by atoms with Gasteiger partial charge in [0, 0.05) is 24.8 Å². The van der Waals surface area contributed by atoms with Crippen molar-refractivity contribution in [3.63, 3.8) is 0 Å². The van der Waals surface area contributed by atoms with Crippen LogP contribution < -0.4 is 10.6 Å². The van der Waals surface area contributed by atoms with E-state index in [-0.39, 0.29) is 24.9 Å². The van der Waals surface area contributed by atoms with Crippen LogP contribution in [-0.2, 0) is 20.8 Å². The zero-order chi connectivity index (χ0) is 29.5. The molecule has 10 nitrogen and oxygen atoms in total. The molecule has 11 heteroatoms. The number of ether oxygens (including phenoxy) is 2. The number of amides is 1. The van der Waals surface area contributed by atoms with Gasteiger partial charge in [-0.3, -0.25) is 4.79 Å². The molecule has 1 saturated heterocycles. The maximum Gasteiger partial charge on any atom is 0.230 e. The molecule has 0 unspecified atom stereocenters. The summed E-state index contributed by atoms with van der Waals surface area (Å²) in [5.74, 6) is 0.428. The molecule has 4 aromatic rings. The molecule has 1 aliphatic heterocycles. The number of H-pyrrole nitrogens is 1. The fourth-order valence-electron chi connectivity index (χ4n) is 4.57. The van der Waals surface area contributed by atoms with E-state index in [4.69, 9.17) is 19.4 Å². The zero-order valence-corrected chi connectivity index (χ0v) is 24.1. The molecule has 1 fully saturated rings. The molecule has 0 atom stereocenters.